The minimum absolute atomic E-state index is 0.139. The van der Waals surface area contributed by atoms with Crippen molar-refractivity contribution in [2.45, 2.75) is 37.7 Å². The number of Topliss-reactive ketones (excluding diaryl/α,β-unsaturated/α-hetero) is 1. The zero-order valence-corrected chi connectivity index (χ0v) is 22.3. The Morgan fingerprint density at radius 3 is 2.05 bits per heavy atom. The smallest absolute Gasteiger partial charge is 0.166 e. The average molecular weight is 513 g/mol. The Bertz CT molecular complexity index is 1080. The molecule has 2 fully saturated rings. The first-order valence-corrected chi connectivity index (χ1v) is 14.2. The highest BCUT2D eigenvalue weighted by Gasteiger charge is 2.25. The lowest BCUT2D eigenvalue weighted by Crippen LogP contribution is -2.40. The molecule has 2 aliphatic rings. The Balaban J connectivity index is 1.14. The molecular formula is C33H40N2O3. The van der Waals surface area contributed by atoms with Crippen LogP contribution in [-0.2, 0) is 4.74 Å². The number of nitrogens with zero attached hydrogens (tertiary/aromatic N) is 2. The number of para-hydroxylation sites is 1. The van der Waals surface area contributed by atoms with Crippen LogP contribution in [0.3, 0.4) is 0 Å². The highest BCUT2D eigenvalue weighted by molar-refractivity contribution is 5.98. The lowest BCUT2D eigenvalue weighted by atomic mass is 9.90. The summed E-state index contributed by atoms with van der Waals surface area (Å²) in [4.78, 5) is 18.0. The molecule has 2 saturated heterocycles. The zero-order chi connectivity index (χ0) is 26.0. The van der Waals surface area contributed by atoms with E-state index in [-0.39, 0.29) is 11.9 Å². The zero-order valence-electron chi connectivity index (χ0n) is 22.3. The lowest BCUT2D eigenvalue weighted by Gasteiger charge is -2.35. The molecule has 3 aromatic rings. The second-order valence-electron chi connectivity index (χ2n) is 10.5. The molecule has 5 heteroatoms. The third-order valence-corrected chi connectivity index (χ3v) is 7.84. The van der Waals surface area contributed by atoms with E-state index < -0.39 is 0 Å². The van der Waals surface area contributed by atoms with Gasteiger partial charge >= 0.3 is 0 Å². The third kappa shape index (κ3) is 7.31. The van der Waals surface area contributed by atoms with Crippen molar-refractivity contribution in [2.75, 3.05) is 52.5 Å². The topological polar surface area (TPSA) is 42.0 Å². The van der Waals surface area contributed by atoms with E-state index >= 15 is 0 Å². The van der Waals surface area contributed by atoms with Gasteiger partial charge in [-0.1, -0.05) is 72.8 Å². The Morgan fingerprint density at radius 1 is 0.789 bits per heavy atom. The molecule has 38 heavy (non-hydrogen) atoms. The van der Waals surface area contributed by atoms with Crippen molar-refractivity contribution in [3.8, 4) is 5.75 Å². The van der Waals surface area contributed by atoms with Crippen LogP contribution in [0.15, 0.2) is 84.9 Å². The summed E-state index contributed by atoms with van der Waals surface area (Å²) in [6, 6.07) is 29.4. The van der Waals surface area contributed by atoms with Crippen LogP contribution in [0.1, 0.15) is 53.1 Å². The van der Waals surface area contributed by atoms with Crippen LogP contribution in [0.2, 0.25) is 0 Å². The molecule has 0 aliphatic carbocycles. The number of hydrogen-bond acceptors (Lipinski definition) is 5. The van der Waals surface area contributed by atoms with E-state index in [9.17, 15) is 4.79 Å². The molecule has 0 amide bonds. The van der Waals surface area contributed by atoms with Gasteiger partial charge in [0.2, 0.25) is 0 Å². The Hall–Kier alpha value is -2.99. The fraction of sp³-hybridized carbons (Fsp3) is 0.424. The Kier molecular flexibility index (Phi) is 9.59. The van der Waals surface area contributed by atoms with Crippen LogP contribution in [0, 0.1) is 0 Å². The number of piperidine rings is 1. The van der Waals surface area contributed by atoms with Gasteiger partial charge in [0.05, 0.1) is 18.8 Å². The predicted molar refractivity (Wildman–Crippen MR) is 152 cm³/mol. The minimum Gasteiger partial charge on any atom is -0.490 e. The highest BCUT2D eigenvalue weighted by Crippen LogP contribution is 2.29. The number of hydrogen-bond donors (Lipinski definition) is 0. The second-order valence-corrected chi connectivity index (χ2v) is 10.5. The van der Waals surface area contributed by atoms with Gasteiger partial charge in [-0.2, -0.15) is 0 Å². The standard InChI is InChI=1S/C33H40N2O3/c36-32(15-9-19-34-22-24-37-25-23-34)30-14-7-8-16-33(30)38-29-17-20-35(21-18-29)26-31(27-10-3-1-4-11-27)28-12-5-2-6-13-28/h1-8,10-14,16,29,31H,9,15,17-26H2. The minimum atomic E-state index is 0.139. The van der Waals surface area contributed by atoms with Gasteiger partial charge in [-0.05, 0) is 49.1 Å². The van der Waals surface area contributed by atoms with E-state index in [1.807, 2.05) is 24.3 Å². The quantitative estimate of drug-likeness (QED) is 0.310. The maximum absolute atomic E-state index is 13.1. The van der Waals surface area contributed by atoms with E-state index in [1.165, 1.54) is 11.1 Å². The van der Waals surface area contributed by atoms with Gasteiger partial charge in [0.25, 0.3) is 0 Å². The first-order chi connectivity index (χ1) is 18.8. The molecule has 0 spiro atoms. The third-order valence-electron chi connectivity index (χ3n) is 7.84. The summed E-state index contributed by atoms with van der Waals surface area (Å²) in [7, 11) is 0. The van der Waals surface area contributed by atoms with E-state index in [2.05, 4.69) is 70.5 Å². The number of carbonyl (C=O) groups is 1. The highest BCUT2D eigenvalue weighted by atomic mass is 16.5. The van der Waals surface area contributed by atoms with Gasteiger partial charge < -0.3 is 14.4 Å². The SMILES string of the molecule is O=C(CCCN1CCOCC1)c1ccccc1OC1CCN(CC(c2ccccc2)c2ccccc2)CC1. The van der Waals surface area contributed by atoms with E-state index in [4.69, 9.17) is 9.47 Å². The fourth-order valence-electron chi connectivity index (χ4n) is 5.64. The van der Waals surface area contributed by atoms with Crippen LogP contribution in [-0.4, -0.2) is 74.2 Å². The van der Waals surface area contributed by atoms with Gasteiger partial charge in [-0.15, -0.1) is 0 Å². The van der Waals surface area contributed by atoms with Gasteiger partial charge in [0, 0.05) is 45.1 Å². The number of benzene rings is 3. The summed E-state index contributed by atoms with van der Waals surface area (Å²) in [5.41, 5.74) is 3.45. The molecule has 3 aromatic carbocycles. The molecule has 0 aromatic heterocycles. The maximum Gasteiger partial charge on any atom is 0.166 e. The Labute approximate surface area is 227 Å². The second kappa shape index (κ2) is 13.7. The summed E-state index contributed by atoms with van der Waals surface area (Å²) in [6.07, 6.45) is 3.50. The van der Waals surface area contributed by atoms with Crippen molar-refractivity contribution in [3.63, 3.8) is 0 Å². The predicted octanol–water partition coefficient (Wildman–Crippen LogP) is 5.66. The van der Waals surface area contributed by atoms with Crippen LogP contribution in [0.4, 0.5) is 0 Å². The number of carbonyl (C=O) groups excluding carboxylic acids is 1. The Morgan fingerprint density at radius 2 is 1.39 bits per heavy atom. The molecule has 2 heterocycles. The summed E-state index contributed by atoms with van der Waals surface area (Å²) in [5, 5.41) is 0. The first kappa shape index (κ1) is 26.6. The number of ketones is 1. The van der Waals surface area contributed by atoms with Crippen LogP contribution < -0.4 is 4.74 Å². The lowest BCUT2D eigenvalue weighted by molar-refractivity contribution is 0.0371. The van der Waals surface area contributed by atoms with Crippen LogP contribution >= 0.6 is 0 Å². The molecule has 0 radical (unpaired) electrons. The van der Waals surface area contributed by atoms with Crippen molar-refractivity contribution >= 4 is 5.78 Å². The molecule has 5 nitrogen and oxygen atoms in total. The summed E-state index contributed by atoms with van der Waals surface area (Å²) < 4.78 is 11.9. The normalized spacial score (nSPS) is 17.5. The number of morpholine rings is 1. The van der Waals surface area contributed by atoms with E-state index in [0.717, 1.165) is 83.1 Å². The van der Waals surface area contributed by atoms with Crippen molar-refractivity contribution in [3.05, 3.63) is 102 Å². The summed E-state index contributed by atoms with van der Waals surface area (Å²) in [5.74, 6) is 1.28. The number of ether oxygens (including phenoxy) is 2. The first-order valence-electron chi connectivity index (χ1n) is 14.2. The monoisotopic (exact) mass is 512 g/mol. The molecule has 0 N–H and O–H groups in total. The van der Waals surface area contributed by atoms with E-state index in [1.54, 1.807) is 0 Å². The van der Waals surface area contributed by atoms with Crippen LogP contribution in [0.25, 0.3) is 0 Å². The van der Waals surface area contributed by atoms with Crippen molar-refractivity contribution in [1.29, 1.82) is 0 Å². The molecule has 0 atom stereocenters. The van der Waals surface area contributed by atoms with Gasteiger partial charge in [-0.25, -0.2) is 0 Å². The van der Waals surface area contributed by atoms with Gasteiger partial charge in [0.15, 0.2) is 5.78 Å². The molecule has 5 rings (SSSR count). The number of likely N-dealkylation sites (tertiary alicyclic amines) is 1. The average Bonchev–Trinajstić information content (AvgIpc) is 2.98. The fourth-order valence-corrected chi connectivity index (χ4v) is 5.64. The molecule has 0 bridgehead atoms. The van der Waals surface area contributed by atoms with Crippen molar-refractivity contribution in [1.82, 2.24) is 9.80 Å². The van der Waals surface area contributed by atoms with Gasteiger partial charge in [0.1, 0.15) is 11.9 Å². The van der Waals surface area contributed by atoms with Crippen molar-refractivity contribution in [2.24, 2.45) is 0 Å². The van der Waals surface area contributed by atoms with Crippen LogP contribution in [0.5, 0.6) is 5.75 Å². The molecule has 0 unspecified atom stereocenters. The molecule has 2 aliphatic heterocycles. The van der Waals surface area contributed by atoms with Gasteiger partial charge in [-0.3, -0.25) is 9.69 Å². The summed E-state index contributed by atoms with van der Waals surface area (Å²) in [6.45, 7) is 7.45. The molecule has 200 valence electrons. The number of rotatable bonds is 11. The summed E-state index contributed by atoms with van der Waals surface area (Å²) >= 11 is 0. The van der Waals surface area contributed by atoms with Crippen molar-refractivity contribution < 1.29 is 14.3 Å². The largest absolute Gasteiger partial charge is 0.490 e. The molecular weight excluding hydrogens is 472 g/mol. The maximum atomic E-state index is 13.1. The van der Waals surface area contributed by atoms with E-state index in [0.29, 0.717) is 12.3 Å². The molecule has 0 saturated carbocycles.